The van der Waals surface area contributed by atoms with Crippen molar-refractivity contribution in [2.45, 2.75) is 97.3 Å². The third-order valence-corrected chi connectivity index (χ3v) is 4.84. The molecule has 27 heavy (non-hydrogen) atoms. The number of rotatable bonds is 15. The highest BCUT2D eigenvalue weighted by atomic mass is 19.1. The number of esters is 1. The maximum atomic E-state index is 14.8. The van der Waals surface area contributed by atoms with Gasteiger partial charge in [-0.15, -0.1) is 0 Å². The molecule has 0 radical (unpaired) electrons. The van der Waals surface area contributed by atoms with E-state index in [2.05, 4.69) is 18.2 Å². The highest BCUT2D eigenvalue weighted by molar-refractivity contribution is 5.68. The van der Waals surface area contributed by atoms with Crippen LogP contribution in [0.5, 0.6) is 0 Å². The zero-order chi connectivity index (χ0) is 20.1. The van der Waals surface area contributed by atoms with Gasteiger partial charge in [-0.1, -0.05) is 57.6 Å². The average Bonchev–Trinajstić information content (AvgIpc) is 2.92. The van der Waals surface area contributed by atoms with Crippen LogP contribution in [0.3, 0.4) is 0 Å². The summed E-state index contributed by atoms with van der Waals surface area (Å²) in [4.78, 5) is 11.1. The number of carbonyl (C=O) groups excluding carboxylic acids is 1. The zero-order valence-corrected chi connectivity index (χ0v) is 17.5. The normalized spacial score (nSPS) is 11.0. The molecule has 0 fully saturated rings. The van der Waals surface area contributed by atoms with Gasteiger partial charge in [0, 0.05) is 24.8 Å². The van der Waals surface area contributed by atoms with E-state index in [1.165, 1.54) is 20.0 Å². The highest BCUT2D eigenvalue weighted by Crippen LogP contribution is 2.27. The topological polar surface area (TPSA) is 39.4 Å². The Hall–Kier alpha value is -1.58. The largest absolute Gasteiger partial charge is 0.469 e. The second-order valence-electron chi connectivity index (χ2n) is 7.53. The van der Waals surface area contributed by atoms with Crippen molar-refractivity contribution in [3.63, 3.8) is 0 Å². The maximum Gasteiger partial charge on any atom is 0.305 e. The number of hydrogen-bond donors (Lipinski definition) is 0. The SMILES string of the molecule is C=C(C)Cc1c(CCCCCCCC(=O)OC)oc(CCCCCC)c1F. The molecule has 1 rings (SSSR count). The van der Waals surface area contributed by atoms with Crippen LogP contribution in [0.4, 0.5) is 4.39 Å². The van der Waals surface area contributed by atoms with E-state index >= 15 is 0 Å². The molecule has 0 saturated heterocycles. The molecule has 0 bridgehead atoms. The van der Waals surface area contributed by atoms with Crippen molar-refractivity contribution < 1.29 is 18.3 Å². The number of halogens is 1. The summed E-state index contributed by atoms with van der Waals surface area (Å²) in [5, 5.41) is 0. The molecule has 0 atom stereocenters. The van der Waals surface area contributed by atoms with E-state index in [4.69, 9.17) is 4.42 Å². The van der Waals surface area contributed by atoms with Gasteiger partial charge in [-0.2, -0.15) is 0 Å². The summed E-state index contributed by atoms with van der Waals surface area (Å²) in [6.07, 6.45) is 11.9. The molecule has 1 aromatic rings. The summed E-state index contributed by atoms with van der Waals surface area (Å²) in [6, 6.07) is 0. The zero-order valence-electron chi connectivity index (χ0n) is 17.5. The van der Waals surface area contributed by atoms with Crippen molar-refractivity contribution in [3.05, 3.63) is 35.1 Å². The third kappa shape index (κ3) is 9.25. The fourth-order valence-corrected chi connectivity index (χ4v) is 3.29. The summed E-state index contributed by atoms with van der Waals surface area (Å²) < 4.78 is 25.3. The number of ether oxygens (including phenoxy) is 1. The van der Waals surface area contributed by atoms with Crippen molar-refractivity contribution in [1.82, 2.24) is 0 Å². The Balaban J connectivity index is 2.49. The fourth-order valence-electron chi connectivity index (χ4n) is 3.29. The first kappa shape index (κ1) is 23.5. The van der Waals surface area contributed by atoms with Gasteiger partial charge in [0.2, 0.25) is 0 Å². The molecule has 0 N–H and O–H groups in total. The molecule has 1 heterocycles. The first-order valence-corrected chi connectivity index (χ1v) is 10.5. The molecule has 0 saturated carbocycles. The van der Waals surface area contributed by atoms with Crippen molar-refractivity contribution in [2.75, 3.05) is 7.11 Å². The van der Waals surface area contributed by atoms with Gasteiger partial charge in [0.05, 0.1) is 7.11 Å². The van der Waals surface area contributed by atoms with Crippen LogP contribution < -0.4 is 0 Å². The number of methoxy groups -OCH3 is 1. The Morgan fingerprint density at radius 1 is 1.00 bits per heavy atom. The van der Waals surface area contributed by atoms with Gasteiger partial charge in [-0.05, 0) is 32.6 Å². The predicted octanol–water partition coefficient (Wildman–Crippen LogP) is 6.72. The lowest BCUT2D eigenvalue weighted by molar-refractivity contribution is -0.140. The van der Waals surface area contributed by atoms with Crippen LogP contribution in [-0.2, 0) is 28.8 Å². The molecule has 0 amide bonds. The molecule has 3 nitrogen and oxygen atoms in total. The lowest BCUT2D eigenvalue weighted by Crippen LogP contribution is -1.99. The Kier molecular flexibility index (Phi) is 11.8. The second kappa shape index (κ2) is 13.6. The smallest absolute Gasteiger partial charge is 0.305 e. The van der Waals surface area contributed by atoms with Crippen molar-refractivity contribution in [2.24, 2.45) is 0 Å². The van der Waals surface area contributed by atoms with Crippen molar-refractivity contribution >= 4 is 5.97 Å². The minimum absolute atomic E-state index is 0.142. The molecule has 0 unspecified atom stereocenters. The molecular weight excluding hydrogens is 343 g/mol. The molecule has 0 aliphatic carbocycles. The van der Waals surface area contributed by atoms with Gasteiger partial charge >= 0.3 is 5.97 Å². The van der Waals surface area contributed by atoms with E-state index in [1.54, 1.807) is 0 Å². The standard InChI is InChI=1S/C23H37FO3/c1-5-6-7-11-15-21-23(24)19(17-18(2)3)20(27-21)14-12-9-8-10-13-16-22(25)26-4/h2,5-17H2,1,3-4H3. The molecular formula is C23H37FO3. The summed E-state index contributed by atoms with van der Waals surface area (Å²) in [5.41, 5.74) is 1.66. The number of furan rings is 1. The molecule has 0 aliphatic heterocycles. The minimum atomic E-state index is -0.150. The summed E-state index contributed by atoms with van der Waals surface area (Å²) in [5.74, 6) is 1.03. The van der Waals surface area contributed by atoms with E-state index in [0.717, 1.165) is 62.7 Å². The summed E-state index contributed by atoms with van der Waals surface area (Å²) in [7, 11) is 1.42. The van der Waals surface area contributed by atoms with Gasteiger partial charge < -0.3 is 9.15 Å². The van der Waals surface area contributed by atoms with Crippen LogP contribution in [0.15, 0.2) is 16.6 Å². The summed E-state index contributed by atoms with van der Waals surface area (Å²) in [6.45, 7) is 8.04. The van der Waals surface area contributed by atoms with Gasteiger partial charge in [-0.25, -0.2) is 4.39 Å². The number of hydrogen-bond acceptors (Lipinski definition) is 3. The Labute approximate surface area is 164 Å². The van der Waals surface area contributed by atoms with Crippen LogP contribution in [0.25, 0.3) is 0 Å². The average molecular weight is 381 g/mol. The summed E-state index contributed by atoms with van der Waals surface area (Å²) >= 11 is 0. The highest BCUT2D eigenvalue weighted by Gasteiger charge is 2.19. The number of carbonyl (C=O) groups is 1. The van der Waals surface area contributed by atoms with E-state index in [-0.39, 0.29) is 11.8 Å². The molecule has 4 heteroatoms. The van der Waals surface area contributed by atoms with E-state index < -0.39 is 0 Å². The maximum absolute atomic E-state index is 14.8. The number of aryl methyl sites for hydroxylation is 2. The van der Waals surface area contributed by atoms with E-state index in [9.17, 15) is 9.18 Å². The molecule has 0 aromatic carbocycles. The molecule has 0 spiro atoms. The third-order valence-electron chi connectivity index (χ3n) is 4.84. The Morgan fingerprint density at radius 3 is 2.22 bits per heavy atom. The number of unbranched alkanes of at least 4 members (excludes halogenated alkanes) is 7. The predicted molar refractivity (Wildman–Crippen MR) is 108 cm³/mol. The van der Waals surface area contributed by atoms with Crippen LogP contribution in [0, 0.1) is 5.82 Å². The van der Waals surface area contributed by atoms with Crippen molar-refractivity contribution in [3.8, 4) is 0 Å². The van der Waals surface area contributed by atoms with Crippen LogP contribution in [-0.4, -0.2) is 13.1 Å². The monoisotopic (exact) mass is 380 g/mol. The van der Waals surface area contributed by atoms with E-state index in [1.807, 2.05) is 6.92 Å². The van der Waals surface area contributed by atoms with Gasteiger partial charge in [0.25, 0.3) is 0 Å². The lowest BCUT2D eigenvalue weighted by atomic mass is 10.0. The van der Waals surface area contributed by atoms with Crippen LogP contribution >= 0.6 is 0 Å². The van der Waals surface area contributed by atoms with Gasteiger partial charge in [-0.3, -0.25) is 4.79 Å². The Bertz CT molecular complexity index is 574. The fraction of sp³-hybridized carbons (Fsp3) is 0.696. The van der Waals surface area contributed by atoms with Gasteiger partial charge in [0.1, 0.15) is 11.5 Å². The minimum Gasteiger partial charge on any atom is -0.469 e. The first-order chi connectivity index (χ1) is 13.0. The quantitative estimate of drug-likeness (QED) is 0.193. The lowest BCUT2D eigenvalue weighted by Gasteiger charge is -2.03. The first-order valence-electron chi connectivity index (χ1n) is 10.5. The number of allylic oxidation sites excluding steroid dienone is 1. The van der Waals surface area contributed by atoms with Crippen molar-refractivity contribution in [1.29, 1.82) is 0 Å². The molecule has 154 valence electrons. The Morgan fingerprint density at radius 2 is 1.59 bits per heavy atom. The van der Waals surface area contributed by atoms with Crippen LogP contribution in [0.1, 0.15) is 95.1 Å². The molecule has 1 aromatic heterocycles. The van der Waals surface area contributed by atoms with Crippen LogP contribution in [0.2, 0.25) is 0 Å². The van der Waals surface area contributed by atoms with E-state index in [0.29, 0.717) is 30.6 Å². The second-order valence-corrected chi connectivity index (χ2v) is 7.53. The molecule has 0 aliphatic rings. The van der Waals surface area contributed by atoms with Gasteiger partial charge in [0.15, 0.2) is 5.82 Å².